The first-order valence-corrected chi connectivity index (χ1v) is 11.1. The Labute approximate surface area is 190 Å². The molecular formula is C25H24N2O4S. The highest BCUT2D eigenvalue weighted by molar-refractivity contribution is 7.17. The Morgan fingerprint density at radius 3 is 2.44 bits per heavy atom. The zero-order valence-corrected chi connectivity index (χ0v) is 19.2. The second kappa shape index (κ2) is 8.96. The molecule has 0 radical (unpaired) electrons. The number of hydrogen-bond donors (Lipinski definition) is 0. The van der Waals surface area contributed by atoms with Gasteiger partial charge in [0.2, 0.25) is 0 Å². The first-order valence-electron chi connectivity index (χ1n) is 10.2. The molecule has 0 amide bonds. The maximum absolute atomic E-state index is 13.3. The highest BCUT2D eigenvalue weighted by Crippen LogP contribution is 2.36. The van der Waals surface area contributed by atoms with Crippen LogP contribution in [0.4, 0.5) is 0 Å². The third-order valence-corrected chi connectivity index (χ3v) is 6.35. The van der Waals surface area contributed by atoms with E-state index in [4.69, 9.17) is 9.47 Å². The number of carbonyl (C=O) groups excluding carboxylic acids is 1. The summed E-state index contributed by atoms with van der Waals surface area (Å²) in [6, 6.07) is 13.0. The first kappa shape index (κ1) is 21.8. The molecule has 0 bridgehead atoms. The average Bonchev–Trinajstić information content (AvgIpc) is 3.25. The summed E-state index contributed by atoms with van der Waals surface area (Å²) in [7, 11) is 3.15. The van der Waals surface area contributed by atoms with Gasteiger partial charge in [-0.1, -0.05) is 44.2 Å². The molecule has 7 heteroatoms. The molecule has 2 heterocycles. The van der Waals surface area contributed by atoms with Crippen molar-refractivity contribution in [1.29, 1.82) is 0 Å². The zero-order valence-electron chi connectivity index (χ0n) is 18.4. The predicted molar refractivity (Wildman–Crippen MR) is 127 cm³/mol. The van der Waals surface area contributed by atoms with Gasteiger partial charge in [-0.05, 0) is 29.2 Å². The van der Waals surface area contributed by atoms with Crippen LogP contribution in [0.25, 0.3) is 21.3 Å². The Balaban J connectivity index is 1.70. The van der Waals surface area contributed by atoms with Gasteiger partial charge in [0.15, 0.2) is 17.3 Å². The van der Waals surface area contributed by atoms with Gasteiger partial charge in [0.1, 0.15) is 4.83 Å². The Morgan fingerprint density at radius 1 is 1.06 bits per heavy atom. The number of carbonyl (C=O) groups is 1. The maximum Gasteiger partial charge on any atom is 0.263 e. The zero-order chi connectivity index (χ0) is 22.8. The van der Waals surface area contributed by atoms with E-state index in [-0.39, 0.29) is 17.9 Å². The van der Waals surface area contributed by atoms with Crippen molar-refractivity contribution in [3.05, 3.63) is 75.7 Å². The molecule has 2 aromatic carbocycles. The molecular weight excluding hydrogens is 424 g/mol. The molecule has 0 saturated heterocycles. The SMILES string of the molecule is COc1ccc(-c2csc3ncn(CC(=O)c4ccc(C(C)C)cc4)c(=O)c23)cc1OC. The van der Waals surface area contributed by atoms with Crippen LogP contribution in [-0.4, -0.2) is 29.6 Å². The van der Waals surface area contributed by atoms with Crippen LogP contribution in [0.15, 0.2) is 59.0 Å². The van der Waals surface area contributed by atoms with E-state index in [1.807, 2.05) is 41.8 Å². The molecule has 0 aliphatic heterocycles. The molecule has 0 aliphatic rings. The fourth-order valence-corrected chi connectivity index (χ4v) is 4.50. The summed E-state index contributed by atoms with van der Waals surface area (Å²) in [5.74, 6) is 1.45. The Kier molecular flexibility index (Phi) is 6.10. The number of hydrogen-bond acceptors (Lipinski definition) is 6. The smallest absolute Gasteiger partial charge is 0.263 e. The summed E-state index contributed by atoms with van der Waals surface area (Å²) in [6.45, 7) is 4.15. The molecule has 32 heavy (non-hydrogen) atoms. The number of Topliss-reactive ketones (excluding diaryl/α,β-unsaturated/α-hetero) is 1. The fraction of sp³-hybridized carbons (Fsp3) is 0.240. The predicted octanol–water partition coefficient (Wildman–Crippen LogP) is 5.15. The largest absolute Gasteiger partial charge is 0.493 e. The van der Waals surface area contributed by atoms with E-state index in [1.54, 1.807) is 20.3 Å². The van der Waals surface area contributed by atoms with Crippen LogP contribution in [0.2, 0.25) is 0 Å². The van der Waals surface area contributed by atoms with Gasteiger partial charge >= 0.3 is 0 Å². The lowest BCUT2D eigenvalue weighted by molar-refractivity contribution is 0.0970. The number of rotatable bonds is 7. The van der Waals surface area contributed by atoms with Crippen LogP contribution in [0.3, 0.4) is 0 Å². The molecule has 0 aliphatic carbocycles. The molecule has 0 unspecified atom stereocenters. The van der Waals surface area contributed by atoms with Crippen molar-refractivity contribution < 1.29 is 14.3 Å². The minimum atomic E-state index is -0.242. The molecule has 0 fully saturated rings. The molecule has 0 atom stereocenters. The molecule has 0 N–H and O–H groups in total. The summed E-state index contributed by atoms with van der Waals surface area (Å²) in [4.78, 5) is 31.2. The number of benzene rings is 2. The van der Waals surface area contributed by atoms with E-state index in [0.717, 1.165) is 11.1 Å². The third kappa shape index (κ3) is 4.03. The van der Waals surface area contributed by atoms with Crippen LogP contribution in [0.5, 0.6) is 11.5 Å². The summed E-state index contributed by atoms with van der Waals surface area (Å²) < 4.78 is 12.1. The van der Waals surface area contributed by atoms with E-state index in [1.165, 1.54) is 27.8 Å². The van der Waals surface area contributed by atoms with E-state index >= 15 is 0 Å². The summed E-state index contributed by atoms with van der Waals surface area (Å²) in [5.41, 5.74) is 3.08. The van der Waals surface area contributed by atoms with Crippen molar-refractivity contribution >= 4 is 27.3 Å². The minimum absolute atomic E-state index is 0.0655. The monoisotopic (exact) mass is 448 g/mol. The lowest BCUT2D eigenvalue weighted by Crippen LogP contribution is -2.24. The van der Waals surface area contributed by atoms with E-state index in [9.17, 15) is 9.59 Å². The van der Waals surface area contributed by atoms with Gasteiger partial charge in [0.05, 0.1) is 32.5 Å². The number of ether oxygens (including phenoxy) is 2. The molecule has 2 aromatic heterocycles. The van der Waals surface area contributed by atoms with Gasteiger partial charge in [-0.2, -0.15) is 0 Å². The van der Waals surface area contributed by atoms with Gasteiger partial charge in [0, 0.05) is 16.5 Å². The summed E-state index contributed by atoms with van der Waals surface area (Å²) in [5, 5.41) is 2.39. The third-order valence-electron chi connectivity index (χ3n) is 5.47. The number of methoxy groups -OCH3 is 2. The topological polar surface area (TPSA) is 70.4 Å². The van der Waals surface area contributed by atoms with Gasteiger partial charge < -0.3 is 9.47 Å². The molecule has 6 nitrogen and oxygen atoms in total. The minimum Gasteiger partial charge on any atom is -0.493 e. The van der Waals surface area contributed by atoms with Crippen molar-refractivity contribution in [2.45, 2.75) is 26.3 Å². The van der Waals surface area contributed by atoms with Crippen molar-refractivity contribution in [3.8, 4) is 22.6 Å². The normalized spacial score (nSPS) is 11.2. The lowest BCUT2D eigenvalue weighted by Gasteiger charge is -2.10. The van der Waals surface area contributed by atoms with Crippen molar-refractivity contribution in [2.75, 3.05) is 14.2 Å². The lowest BCUT2D eigenvalue weighted by atomic mass is 10.0. The van der Waals surface area contributed by atoms with Crippen molar-refractivity contribution in [1.82, 2.24) is 9.55 Å². The second-order valence-corrected chi connectivity index (χ2v) is 8.63. The second-order valence-electron chi connectivity index (χ2n) is 7.78. The van der Waals surface area contributed by atoms with Gasteiger partial charge in [-0.3, -0.25) is 14.2 Å². The number of ketones is 1. The number of aromatic nitrogens is 2. The van der Waals surface area contributed by atoms with Crippen LogP contribution < -0.4 is 15.0 Å². The van der Waals surface area contributed by atoms with Crippen LogP contribution in [0.1, 0.15) is 35.7 Å². The van der Waals surface area contributed by atoms with Gasteiger partial charge in [-0.25, -0.2) is 4.98 Å². The average molecular weight is 449 g/mol. The molecule has 4 rings (SSSR count). The van der Waals surface area contributed by atoms with Crippen molar-refractivity contribution in [2.24, 2.45) is 0 Å². The highest BCUT2D eigenvalue weighted by Gasteiger charge is 2.17. The van der Waals surface area contributed by atoms with Gasteiger partial charge in [-0.15, -0.1) is 11.3 Å². The fourth-order valence-electron chi connectivity index (χ4n) is 3.60. The van der Waals surface area contributed by atoms with E-state index in [2.05, 4.69) is 18.8 Å². The summed E-state index contributed by atoms with van der Waals surface area (Å²) >= 11 is 1.39. The van der Waals surface area contributed by atoms with Crippen LogP contribution >= 0.6 is 11.3 Å². The molecule has 0 spiro atoms. The Hall–Kier alpha value is -3.45. The number of thiophene rings is 1. The quantitative estimate of drug-likeness (QED) is 0.366. The number of nitrogens with zero attached hydrogens (tertiary/aromatic N) is 2. The van der Waals surface area contributed by atoms with Crippen molar-refractivity contribution in [3.63, 3.8) is 0 Å². The molecule has 164 valence electrons. The Bertz CT molecular complexity index is 1340. The van der Waals surface area contributed by atoms with Gasteiger partial charge in [0.25, 0.3) is 5.56 Å². The van der Waals surface area contributed by atoms with Crippen LogP contribution in [-0.2, 0) is 6.54 Å². The van der Waals surface area contributed by atoms with E-state index in [0.29, 0.717) is 33.2 Å². The van der Waals surface area contributed by atoms with Crippen LogP contribution in [0, 0.1) is 0 Å². The van der Waals surface area contributed by atoms with E-state index < -0.39 is 0 Å². The Morgan fingerprint density at radius 2 is 1.78 bits per heavy atom. The highest BCUT2D eigenvalue weighted by atomic mass is 32.1. The first-order chi connectivity index (χ1) is 15.4. The number of fused-ring (bicyclic) bond motifs is 1. The maximum atomic E-state index is 13.3. The summed E-state index contributed by atoms with van der Waals surface area (Å²) in [6.07, 6.45) is 1.44. The molecule has 4 aromatic rings. The molecule has 0 saturated carbocycles. The standard InChI is InChI=1S/C25H24N2O4S/c1-15(2)16-5-7-17(8-6-16)20(28)12-27-14-26-24-23(25(27)29)19(13-32-24)18-9-10-21(30-3)22(11-18)31-4/h5-11,13-15H,12H2,1-4H3.